The van der Waals surface area contributed by atoms with Crippen molar-refractivity contribution in [2.45, 2.75) is 6.43 Å². The second kappa shape index (κ2) is 2.57. The van der Waals surface area contributed by atoms with Gasteiger partial charge in [-0.05, 0) is 0 Å². The van der Waals surface area contributed by atoms with E-state index < -0.39 is 22.3 Å². The summed E-state index contributed by atoms with van der Waals surface area (Å²) in [7, 11) is 0. The van der Waals surface area contributed by atoms with Crippen molar-refractivity contribution in [2.75, 3.05) is 0 Å². The van der Waals surface area contributed by atoms with Gasteiger partial charge >= 0.3 is 0 Å². The highest BCUT2D eigenvalue weighted by molar-refractivity contribution is 7.10. The molecule has 0 aliphatic carbocycles. The van der Waals surface area contributed by atoms with Crippen LogP contribution in [0.25, 0.3) is 0 Å². The summed E-state index contributed by atoms with van der Waals surface area (Å²) < 4.78 is 47.4. The van der Waals surface area contributed by atoms with E-state index in [4.69, 9.17) is 0 Å². The molecule has 0 N–H and O–H groups in total. The van der Waals surface area contributed by atoms with Crippen LogP contribution < -0.4 is 0 Å². The summed E-state index contributed by atoms with van der Waals surface area (Å²) in [6, 6.07) is 0.451. The number of thiophene rings is 1. The normalized spacial score (nSPS) is 10.9. The Balaban J connectivity index is 3.03. The highest BCUT2D eigenvalue weighted by Crippen LogP contribution is 2.29. The van der Waals surface area contributed by atoms with Crippen LogP contribution in [0.3, 0.4) is 0 Å². The van der Waals surface area contributed by atoms with E-state index in [1.54, 1.807) is 0 Å². The molecular weight excluding hydrogens is 168 g/mol. The third-order valence-corrected chi connectivity index (χ3v) is 1.79. The van der Waals surface area contributed by atoms with E-state index in [2.05, 4.69) is 0 Å². The van der Waals surface area contributed by atoms with Gasteiger partial charge in [-0.2, -0.15) is 4.39 Å². The predicted octanol–water partition coefficient (Wildman–Crippen LogP) is 2.96. The van der Waals surface area contributed by atoms with Crippen molar-refractivity contribution >= 4 is 11.3 Å². The molecule has 0 saturated heterocycles. The summed E-state index contributed by atoms with van der Waals surface area (Å²) in [6.07, 6.45) is -2.92. The lowest BCUT2D eigenvalue weighted by Crippen LogP contribution is -1.79. The van der Waals surface area contributed by atoms with Crippen molar-refractivity contribution in [3.8, 4) is 0 Å². The van der Waals surface area contributed by atoms with Gasteiger partial charge in [0.1, 0.15) is 10.7 Å². The molecular formula is C5H2F4S. The van der Waals surface area contributed by atoms with Gasteiger partial charge in [0.25, 0.3) is 6.43 Å². The van der Waals surface area contributed by atoms with Gasteiger partial charge in [-0.1, -0.05) is 0 Å². The fourth-order valence-electron chi connectivity index (χ4n) is 0.503. The molecule has 0 amide bonds. The van der Waals surface area contributed by atoms with E-state index in [0.29, 0.717) is 6.07 Å². The Morgan fingerprint density at radius 3 is 2.10 bits per heavy atom. The van der Waals surface area contributed by atoms with Crippen LogP contribution in [-0.2, 0) is 0 Å². The van der Waals surface area contributed by atoms with Crippen LogP contribution in [-0.4, -0.2) is 0 Å². The van der Waals surface area contributed by atoms with E-state index in [1.165, 1.54) is 0 Å². The summed E-state index contributed by atoms with van der Waals surface area (Å²) in [5.41, 5.74) is 0. The lowest BCUT2D eigenvalue weighted by Gasteiger charge is -1.90. The molecule has 0 saturated carbocycles. The smallest absolute Gasteiger partial charge is 0.205 e. The van der Waals surface area contributed by atoms with Crippen LogP contribution in [0, 0.1) is 10.9 Å². The number of hydrogen-bond acceptors (Lipinski definition) is 1. The van der Waals surface area contributed by atoms with Crippen molar-refractivity contribution < 1.29 is 17.6 Å². The van der Waals surface area contributed by atoms with Crippen LogP contribution in [0.2, 0.25) is 0 Å². The minimum Gasteiger partial charge on any atom is -0.205 e. The lowest BCUT2D eigenvalue weighted by molar-refractivity contribution is 0.151. The first-order chi connectivity index (χ1) is 4.61. The molecule has 0 bridgehead atoms. The highest BCUT2D eigenvalue weighted by Gasteiger charge is 2.17. The average Bonchev–Trinajstić information content (AvgIpc) is 2.10. The third kappa shape index (κ3) is 1.29. The summed E-state index contributed by atoms with van der Waals surface area (Å²) in [4.78, 5) is -0.836. The zero-order valence-corrected chi connectivity index (χ0v) is 5.39. The summed E-state index contributed by atoms with van der Waals surface area (Å²) in [6.45, 7) is 0. The first kappa shape index (κ1) is 7.53. The SMILES string of the molecule is Fc1cc(F)c(C(F)F)s1. The van der Waals surface area contributed by atoms with E-state index in [-0.39, 0.29) is 11.3 Å². The van der Waals surface area contributed by atoms with Crippen LogP contribution in [0.5, 0.6) is 0 Å². The molecule has 1 heterocycles. The first-order valence-corrected chi connectivity index (χ1v) is 3.16. The van der Waals surface area contributed by atoms with E-state index >= 15 is 0 Å². The second-order valence-corrected chi connectivity index (χ2v) is 2.60. The van der Waals surface area contributed by atoms with E-state index in [1.807, 2.05) is 0 Å². The minimum absolute atomic E-state index is 0.131. The molecule has 5 heteroatoms. The van der Waals surface area contributed by atoms with Crippen molar-refractivity contribution in [3.63, 3.8) is 0 Å². The Hall–Kier alpha value is -0.580. The first-order valence-electron chi connectivity index (χ1n) is 2.34. The van der Waals surface area contributed by atoms with Gasteiger partial charge in [-0.3, -0.25) is 0 Å². The Morgan fingerprint density at radius 1 is 1.30 bits per heavy atom. The Labute approximate surface area is 58.1 Å². The van der Waals surface area contributed by atoms with Crippen molar-refractivity contribution in [1.82, 2.24) is 0 Å². The predicted molar refractivity (Wildman–Crippen MR) is 29.2 cm³/mol. The zero-order valence-electron chi connectivity index (χ0n) is 4.57. The molecule has 1 aromatic rings. The molecule has 56 valence electrons. The van der Waals surface area contributed by atoms with Crippen LogP contribution in [0.1, 0.15) is 11.3 Å². The molecule has 0 aliphatic heterocycles. The fourth-order valence-corrected chi connectivity index (χ4v) is 1.12. The summed E-state index contributed by atoms with van der Waals surface area (Å²) in [5, 5.41) is -0.923. The lowest BCUT2D eigenvalue weighted by atomic mass is 10.5. The molecule has 0 unspecified atom stereocenters. The van der Waals surface area contributed by atoms with Crippen LogP contribution in [0.4, 0.5) is 17.6 Å². The molecule has 0 fully saturated rings. The number of alkyl halides is 2. The maximum atomic E-state index is 12.2. The molecule has 0 spiro atoms. The number of rotatable bonds is 1. The van der Waals surface area contributed by atoms with Gasteiger partial charge < -0.3 is 0 Å². The molecule has 1 aromatic heterocycles. The Kier molecular flexibility index (Phi) is 1.94. The maximum Gasteiger partial charge on any atom is 0.275 e. The molecule has 0 nitrogen and oxygen atoms in total. The Morgan fingerprint density at radius 2 is 1.90 bits per heavy atom. The van der Waals surface area contributed by atoms with Crippen molar-refractivity contribution in [2.24, 2.45) is 0 Å². The van der Waals surface area contributed by atoms with Crippen molar-refractivity contribution in [3.05, 3.63) is 21.9 Å². The Bertz CT molecular complexity index is 230. The van der Waals surface area contributed by atoms with E-state index in [0.717, 1.165) is 0 Å². The van der Waals surface area contributed by atoms with Gasteiger partial charge in [-0.25, -0.2) is 13.2 Å². The van der Waals surface area contributed by atoms with Gasteiger partial charge in [0.05, 0.1) is 0 Å². The molecule has 0 aromatic carbocycles. The minimum atomic E-state index is -2.92. The number of hydrogen-bond donors (Lipinski definition) is 0. The van der Waals surface area contributed by atoms with Gasteiger partial charge in [-0.15, -0.1) is 11.3 Å². The molecule has 0 atom stereocenters. The van der Waals surface area contributed by atoms with Crippen LogP contribution in [0.15, 0.2) is 6.07 Å². The standard InChI is InChI=1S/C5H2F4S/c6-2-1-3(7)10-4(2)5(8)9/h1,5H. The summed E-state index contributed by atoms with van der Waals surface area (Å²) >= 11 is 0.131. The zero-order chi connectivity index (χ0) is 7.72. The molecule has 0 aliphatic rings. The largest absolute Gasteiger partial charge is 0.275 e. The molecule has 10 heavy (non-hydrogen) atoms. The monoisotopic (exact) mass is 170 g/mol. The average molecular weight is 170 g/mol. The number of halogens is 4. The van der Waals surface area contributed by atoms with Gasteiger partial charge in [0, 0.05) is 6.07 Å². The molecule has 0 radical (unpaired) electrons. The van der Waals surface area contributed by atoms with Crippen LogP contribution >= 0.6 is 11.3 Å². The topological polar surface area (TPSA) is 0 Å². The maximum absolute atomic E-state index is 12.2. The fraction of sp³-hybridized carbons (Fsp3) is 0.200. The van der Waals surface area contributed by atoms with E-state index in [9.17, 15) is 17.6 Å². The second-order valence-electron chi connectivity index (χ2n) is 1.56. The van der Waals surface area contributed by atoms with Gasteiger partial charge in [0.2, 0.25) is 0 Å². The molecule has 1 rings (SSSR count). The van der Waals surface area contributed by atoms with Crippen molar-refractivity contribution in [1.29, 1.82) is 0 Å². The summed E-state index contributed by atoms with van der Waals surface area (Å²) in [5.74, 6) is -1.17. The third-order valence-electron chi connectivity index (χ3n) is 0.881. The van der Waals surface area contributed by atoms with Gasteiger partial charge in [0.15, 0.2) is 5.13 Å². The highest BCUT2D eigenvalue weighted by atomic mass is 32.1. The quantitative estimate of drug-likeness (QED) is 0.568.